The van der Waals surface area contributed by atoms with Gasteiger partial charge in [0.1, 0.15) is 0 Å². The lowest BCUT2D eigenvalue weighted by Crippen LogP contribution is -3.15. The highest BCUT2D eigenvalue weighted by Gasteiger charge is 2.31. The Kier molecular flexibility index (Phi) is 6.65. The fraction of sp³-hybridized carbons (Fsp3) is 0.333. The number of aromatic nitrogens is 1. The van der Waals surface area contributed by atoms with Crippen molar-refractivity contribution in [1.29, 1.82) is 0 Å². The largest absolute Gasteiger partial charge is 0.350 e. The van der Waals surface area contributed by atoms with E-state index in [-0.39, 0.29) is 17.3 Å². The Morgan fingerprint density at radius 2 is 1.93 bits per heavy atom. The summed E-state index contributed by atoms with van der Waals surface area (Å²) >= 11 is 3.31. The number of carbonyl (C=O) groups excluding carboxylic acids is 1. The lowest BCUT2D eigenvalue weighted by atomic mass is 10.3. The fourth-order valence-electron chi connectivity index (χ4n) is 3.02. The van der Waals surface area contributed by atoms with Crippen LogP contribution in [0.15, 0.2) is 57.1 Å². The molecule has 0 atom stereocenters. The van der Waals surface area contributed by atoms with E-state index >= 15 is 0 Å². The van der Waals surface area contributed by atoms with Crippen LogP contribution in [0.3, 0.4) is 0 Å². The Hall–Kier alpha value is -2.01. The minimum atomic E-state index is -3.50. The van der Waals surface area contributed by atoms with Gasteiger partial charge in [0.25, 0.3) is 5.91 Å². The van der Waals surface area contributed by atoms with Crippen LogP contribution in [0.2, 0.25) is 0 Å². The molecule has 0 bridgehead atoms. The van der Waals surface area contributed by atoms with Crippen molar-refractivity contribution in [1.82, 2.24) is 14.3 Å². The molecule has 0 aliphatic carbocycles. The predicted octanol–water partition coefficient (Wildman–Crippen LogP) is -0.173. The Morgan fingerprint density at radius 3 is 2.54 bits per heavy atom. The molecule has 0 spiro atoms. The molecule has 1 amide bonds. The number of hydrazone groups is 1. The molecule has 0 unspecified atom stereocenters. The van der Waals surface area contributed by atoms with Crippen molar-refractivity contribution in [3.8, 4) is 0 Å². The number of nitrogens with one attached hydrogen (secondary N) is 2. The fourth-order valence-corrected chi connectivity index (χ4v) is 4.73. The van der Waals surface area contributed by atoms with Gasteiger partial charge in [-0.15, -0.1) is 0 Å². The smallest absolute Gasteiger partial charge is 0.295 e. The average molecular weight is 469 g/mol. The molecule has 2 N–H and O–H groups in total. The molecule has 3 rings (SSSR count). The van der Waals surface area contributed by atoms with Gasteiger partial charge < -0.3 is 9.47 Å². The zero-order chi connectivity index (χ0) is 20.1. The number of halogens is 1. The summed E-state index contributed by atoms with van der Waals surface area (Å²) in [6, 6.07) is 10.4. The maximum Gasteiger partial charge on any atom is 0.295 e. The molecule has 150 valence electrons. The van der Waals surface area contributed by atoms with Crippen molar-refractivity contribution in [3.63, 3.8) is 0 Å². The number of sulfonamides is 1. The molecule has 10 heteroatoms. The van der Waals surface area contributed by atoms with E-state index in [0.29, 0.717) is 26.2 Å². The summed E-state index contributed by atoms with van der Waals surface area (Å²) < 4.78 is 29.6. The first-order valence-corrected chi connectivity index (χ1v) is 11.1. The van der Waals surface area contributed by atoms with Crippen LogP contribution in [0.1, 0.15) is 5.69 Å². The van der Waals surface area contributed by atoms with Crippen LogP contribution in [-0.2, 0) is 21.9 Å². The summed E-state index contributed by atoms with van der Waals surface area (Å²) in [7, 11) is -1.60. The van der Waals surface area contributed by atoms with Crippen molar-refractivity contribution >= 4 is 38.1 Å². The maximum atomic E-state index is 12.7. The second kappa shape index (κ2) is 8.99. The number of aryl methyl sites for hydroxylation is 1. The molecule has 1 saturated heterocycles. The third-order valence-corrected chi connectivity index (χ3v) is 7.10. The van der Waals surface area contributed by atoms with Gasteiger partial charge in [0, 0.05) is 17.7 Å². The lowest BCUT2D eigenvalue weighted by molar-refractivity contribution is -0.895. The van der Waals surface area contributed by atoms with E-state index in [1.54, 1.807) is 30.5 Å². The number of nitrogens with zero attached hydrogens (tertiary/aromatic N) is 3. The Morgan fingerprint density at radius 1 is 1.25 bits per heavy atom. The molecular formula is C18H23BrN5O3S+. The molecule has 2 heterocycles. The number of piperazine rings is 1. The van der Waals surface area contributed by atoms with Crippen molar-refractivity contribution < 1.29 is 18.1 Å². The van der Waals surface area contributed by atoms with E-state index in [4.69, 9.17) is 0 Å². The Balaban J connectivity index is 1.48. The van der Waals surface area contributed by atoms with E-state index < -0.39 is 10.0 Å². The summed E-state index contributed by atoms with van der Waals surface area (Å²) in [4.78, 5) is 13.4. The van der Waals surface area contributed by atoms with Crippen LogP contribution in [0.5, 0.6) is 0 Å². The topological polar surface area (TPSA) is 88.2 Å². The van der Waals surface area contributed by atoms with E-state index in [9.17, 15) is 13.2 Å². The van der Waals surface area contributed by atoms with Gasteiger partial charge in [-0.3, -0.25) is 4.79 Å². The van der Waals surface area contributed by atoms with Crippen LogP contribution in [0.25, 0.3) is 0 Å². The Labute approximate surface area is 173 Å². The molecule has 1 fully saturated rings. The zero-order valence-corrected chi connectivity index (χ0v) is 17.9. The highest BCUT2D eigenvalue weighted by atomic mass is 79.9. The summed E-state index contributed by atoms with van der Waals surface area (Å²) in [5, 5.41) is 3.97. The summed E-state index contributed by atoms with van der Waals surface area (Å²) in [5.74, 6) is -0.190. The molecule has 8 nitrogen and oxygen atoms in total. The molecule has 1 aliphatic rings. The highest BCUT2D eigenvalue weighted by Crippen LogP contribution is 2.18. The third-order valence-electron chi connectivity index (χ3n) is 4.66. The van der Waals surface area contributed by atoms with Crippen molar-refractivity contribution in [3.05, 3.63) is 52.8 Å². The molecule has 1 aromatic heterocycles. The number of hydrogen-bond acceptors (Lipinski definition) is 4. The quantitative estimate of drug-likeness (QED) is 0.455. The summed E-state index contributed by atoms with van der Waals surface area (Å²) in [6.07, 6.45) is 3.49. The normalized spacial score (nSPS) is 16.5. The van der Waals surface area contributed by atoms with Gasteiger partial charge in [-0.1, -0.05) is 15.9 Å². The van der Waals surface area contributed by atoms with Crippen LogP contribution < -0.4 is 10.3 Å². The number of quaternary nitrogens is 1. The van der Waals surface area contributed by atoms with Gasteiger partial charge in [0.15, 0.2) is 6.54 Å². The molecule has 1 aromatic carbocycles. The average Bonchev–Trinajstić information content (AvgIpc) is 3.07. The maximum absolute atomic E-state index is 12.7. The van der Waals surface area contributed by atoms with Crippen LogP contribution >= 0.6 is 15.9 Å². The van der Waals surface area contributed by atoms with Gasteiger partial charge in [0.05, 0.1) is 43.0 Å². The third kappa shape index (κ3) is 5.07. The van der Waals surface area contributed by atoms with Gasteiger partial charge in [-0.2, -0.15) is 9.41 Å². The predicted molar refractivity (Wildman–Crippen MR) is 110 cm³/mol. The molecule has 1 aliphatic heterocycles. The number of carbonyl (C=O) groups is 1. The molecule has 28 heavy (non-hydrogen) atoms. The standard InChI is InChI=1S/C18H22BrN5O3S/c1-22-8-2-3-16(22)13-20-21-18(25)14-23-9-11-24(12-10-23)28(26,27)17-6-4-15(19)5-7-17/h2-8,13H,9-12,14H2,1H3,(H,21,25)/p+1/b20-13+. The minimum Gasteiger partial charge on any atom is -0.350 e. The van der Waals surface area contributed by atoms with E-state index in [1.807, 2.05) is 29.9 Å². The molecular weight excluding hydrogens is 446 g/mol. The first-order chi connectivity index (χ1) is 13.4. The first-order valence-electron chi connectivity index (χ1n) is 8.89. The van der Waals surface area contributed by atoms with Crippen LogP contribution in [-0.4, -0.2) is 62.1 Å². The number of hydrogen-bond donors (Lipinski definition) is 2. The second-order valence-electron chi connectivity index (χ2n) is 6.62. The number of benzene rings is 1. The molecule has 2 aromatic rings. The van der Waals surface area contributed by atoms with Crippen LogP contribution in [0.4, 0.5) is 0 Å². The number of amides is 1. The van der Waals surface area contributed by atoms with Crippen molar-refractivity contribution in [2.24, 2.45) is 12.1 Å². The Bertz CT molecular complexity index is 948. The molecule has 0 radical (unpaired) electrons. The molecule has 0 saturated carbocycles. The van der Waals surface area contributed by atoms with E-state index in [0.717, 1.165) is 15.1 Å². The first kappa shape index (κ1) is 20.7. The van der Waals surface area contributed by atoms with E-state index in [1.165, 1.54) is 4.31 Å². The summed E-state index contributed by atoms with van der Waals surface area (Å²) in [6.45, 7) is 2.17. The lowest BCUT2D eigenvalue weighted by Gasteiger charge is -2.31. The van der Waals surface area contributed by atoms with Crippen molar-refractivity contribution in [2.75, 3.05) is 32.7 Å². The highest BCUT2D eigenvalue weighted by molar-refractivity contribution is 9.10. The van der Waals surface area contributed by atoms with Gasteiger partial charge in [0.2, 0.25) is 10.0 Å². The van der Waals surface area contributed by atoms with E-state index in [2.05, 4.69) is 26.5 Å². The summed E-state index contributed by atoms with van der Waals surface area (Å²) in [5.41, 5.74) is 3.42. The number of rotatable bonds is 6. The monoisotopic (exact) mass is 468 g/mol. The van der Waals surface area contributed by atoms with Gasteiger partial charge >= 0.3 is 0 Å². The second-order valence-corrected chi connectivity index (χ2v) is 9.48. The van der Waals surface area contributed by atoms with Crippen LogP contribution in [0, 0.1) is 0 Å². The SMILES string of the molecule is Cn1cccc1/C=N/NC(=O)C[NH+]1CCN(S(=O)(=O)c2ccc(Br)cc2)CC1. The van der Waals surface area contributed by atoms with Gasteiger partial charge in [-0.25, -0.2) is 13.8 Å². The van der Waals surface area contributed by atoms with Gasteiger partial charge in [-0.05, 0) is 36.4 Å². The van der Waals surface area contributed by atoms with Crippen molar-refractivity contribution in [2.45, 2.75) is 4.90 Å². The minimum absolute atomic E-state index is 0.190. The zero-order valence-electron chi connectivity index (χ0n) is 15.5.